The van der Waals surface area contributed by atoms with Crippen LogP contribution in [0.2, 0.25) is 0 Å². The third-order valence-corrected chi connectivity index (χ3v) is 4.46. The summed E-state index contributed by atoms with van der Waals surface area (Å²) in [6.45, 7) is 4.18. The van der Waals surface area contributed by atoms with Gasteiger partial charge in [0.1, 0.15) is 5.54 Å². The second kappa shape index (κ2) is 5.92. The summed E-state index contributed by atoms with van der Waals surface area (Å²) in [6.07, 6.45) is 5.20. The molecule has 0 saturated carbocycles. The van der Waals surface area contributed by atoms with E-state index in [-0.39, 0.29) is 5.91 Å². The number of likely N-dealkylation sites (N-methyl/N-ethyl adjacent to an activating group) is 1. The minimum Gasteiger partial charge on any atom is -0.338 e. The topological polar surface area (TPSA) is 56.0 Å². The Morgan fingerprint density at radius 2 is 2.00 bits per heavy atom. The van der Waals surface area contributed by atoms with Crippen molar-refractivity contribution in [2.75, 3.05) is 7.05 Å². The van der Waals surface area contributed by atoms with Crippen molar-refractivity contribution in [2.24, 2.45) is 7.05 Å². The molecule has 0 bridgehead atoms. The van der Waals surface area contributed by atoms with Crippen molar-refractivity contribution >= 4 is 37.8 Å². The average Bonchev–Trinajstić information content (AvgIpc) is 2.99. The lowest BCUT2D eigenvalue weighted by Gasteiger charge is -2.29. The van der Waals surface area contributed by atoms with Gasteiger partial charge in [-0.2, -0.15) is 10.2 Å². The Hall–Kier alpha value is -1.15. The molecule has 0 fully saturated rings. The van der Waals surface area contributed by atoms with Gasteiger partial charge in [0.15, 0.2) is 0 Å². The number of carbonyl (C=O) groups excluding carboxylic acids is 1. The molecule has 0 N–H and O–H groups in total. The molecule has 1 amide bonds. The smallest absolute Gasteiger partial charge is 0.250 e. The molecule has 0 unspecified atom stereocenters. The molecule has 2 heterocycles. The second-order valence-electron chi connectivity index (χ2n) is 5.39. The van der Waals surface area contributed by atoms with Crippen molar-refractivity contribution in [3.8, 4) is 0 Å². The molecule has 2 rings (SSSR count). The fraction of sp³-hybridized carbons (Fsp3) is 0.462. The van der Waals surface area contributed by atoms with Crippen LogP contribution in [0, 0.1) is 0 Å². The third-order valence-electron chi connectivity index (χ3n) is 3.39. The number of rotatable bonds is 4. The molecule has 0 radical (unpaired) electrons. The molecular formula is C13H17Br2N5O. The summed E-state index contributed by atoms with van der Waals surface area (Å²) < 4.78 is 5.16. The zero-order valence-corrected chi connectivity index (χ0v) is 15.5. The first-order chi connectivity index (χ1) is 9.73. The van der Waals surface area contributed by atoms with Gasteiger partial charge in [-0.25, -0.2) is 0 Å². The van der Waals surface area contributed by atoms with Crippen LogP contribution in [0.5, 0.6) is 0 Å². The largest absolute Gasteiger partial charge is 0.338 e. The molecule has 8 heteroatoms. The van der Waals surface area contributed by atoms with Crippen molar-refractivity contribution in [1.82, 2.24) is 24.5 Å². The molecule has 2 aromatic heterocycles. The number of aromatic nitrogens is 4. The van der Waals surface area contributed by atoms with Gasteiger partial charge in [-0.3, -0.25) is 14.2 Å². The third kappa shape index (κ3) is 3.21. The van der Waals surface area contributed by atoms with E-state index in [0.29, 0.717) is 6.54 Å². The van der Waals surface area contributed by atoms with Crippen LogP contribution in [0.25, 0.3) is 0 Å². The predicted octanol–water partition coefficient (Wildman–Crippen LogP) is 2.54. The van der Waals surface area contributed by atoms with Crippen LogP contribution in [0.3, 0.4) is 0 Å². The summed E-state index contributed by atoms with van der Waals surface area (Å²) in [5.41, 5.74) is 0.189. The Morgan fingerprint density at radius 3 is 2.48 bits per heavy atom. The maximum Gasteiger partial charge on any atom is 0.250 e. The van der Waals surface area contributed by atoms with Gasteiger partial charge in [0.2, 0.25) is 5.91 Å². The highest BCUT2D eigenvalue weighted by Crippen LogP contribution is 2.22. The van der Waals surface area contributed by atoms with Gasteiger partial charge >= 0.3 is 0 Å². The zero-order valence-electron chi connectivity index (χ0n) is 12.3. The summed E-state index contributed by atoms with van der Waals surface area (Å²) in [5, 5.41) is 8.38. The number of hydrogen-bond donors (Lipinski definition) is 0. The van der Waals surface area contributed by atoms with E-state index < -0.39 is 5.54 Å². The molecule has 0 saturated heterocycles. The second-order valence-corrected chi connectivity index (χ2v) is 7.16. The molecule has 2 aromatic rings. The summed E-state index contributed by atoms with van der Waals surface area (Å²) in [7, 11) is 3.64. The Kier molecular flexibility index (Phi) is 4.57. The molecular weight excluding hydrogens is 402 g/mol. The molecule has 0 atom stereocenters. The molecule has 0 aliphatic heterocycles. The van der Waals surface area contributed by atoms with Crippen LogP contribution in [0.4, 0.5) is 0 Å². The Labute approximate surface area is 140 Å². The number of nitrogens with zero attached hydrogens (tertiary/aromatic N) is 5. The van der Waals surface area contributed by atoms with Gasteiger partial charge in [0, 0.05) is 20.3 Å². The van der Waals surface area contributed by atoms with Crippen LogP contribution in [-0.4, -0.2) is 37.4 Å². The quantitative estimate of drug-likeness (QED) is 0.766. The monoisotopic (exact) mass is 417 g/mol. The minimum absolute atomic E-state index is 0.0220. The molecule has 0 aromatic carbocycles. The standard InChI is InChI=1S/C13H17Br2N5O/c1-13(2,20-7-9(14)5-17-20)12(21)18(3)8-11-10(15)6-16-19(11)4/h5-7H,8H2,1-4H3. The number of carbonyl (C=O) groups is 1. The summed E-state index contributed by atoms with van der Waals surface area (Å²) in [5.74, 6) is -0.0220. The zero-order chi connectivity index (χ0) is 15.8. The fourth-order valence-corrected chi connectivity index (χ4v) is 2.84. The minimum atomic E-state index is -0.758. The number of halogens is 2. The van der Waals surface area contributed by atoms with E-state index >= 15 is 0 Å². The Morgan fingerprint density at radius 1 is 1.33 bits per heavy atom. The van der Waals surface area contributed by atoms with Gasteiger partial charge < -0.3 is 4.90 Å². The van der Waals surface area contributed by atoms with Crippen LogP contribution < -0.4 is 0 Å². The molecule has 6 nitrogen and oxygen atoms in total. The molecule has 0 aliphatic rings. The van der Waals surface area contributed by atoms with E-state index in [1.54, 1.807) is 39.9 Å². The maximum atomic E-state index is 12.7. The number of amides is 1. The van der Waals surface area contributed by atoms with Crippen molar-refractivity contribution in [3.63, 3.8) is 0 Å². The lowest BCUT2D eigenvalue weighted by molar-refractivity contribution is -0.139. The van der Waals surface area contributed by atoms with Gasteiger partial charge in [0.05, 0.1) is 33.6 Å². The summed E-state index contributed by atoms with van der Waals surface area (Å²) >= 11 is 6.80. The van der Waals surface area contributed by atoms with E-state index in [1.807, 2.05) is 20.9 Å². The highest BCUT2D eigenvalue weighted by molar-refractivity contribution is 9.10. The highest BCUT2D eigenvalue weighted by atomic mass is 79.9. The molecule has 21 heavy (non-hydrogen) atoms. The van der Waals surface area contributed by atoms with Crippen LogP contribution in [0.1, 0.15) is 19.5 Å². The van der Waals surface area contributed by atoms with Crippen molar-refractivity contribution in [1.29, 1.82) is 0 Å². The van der Waals surface area contributed by atoms with E-state index in [0.717, 1.165) is 14.6 Å². The van der Waals surface area contributed by atoms with Crippen molar-refractivity contribution in [2.45, 2.75) is 25.9 Å². The van der Waals surface area contributed by atoms with E-state index in [1.165, 1.54) is 0 Å². The van der Waals surface area contributed by atoms with Crippen molar-refractivity contribution < 1.29 is 4.79 Å². The first-order valence-corrected chi connectivity index (χ1v) is 7.94. The van der Waals surface area contributed by atoms with Crippen LogP contribution >= 0.6 is 31.9 Å². The Bertz CT molecular complexity index is 642. The lowest BCUT2D eigenvalue weighted by atomic mass is 10.0. The van der Waals surface area contributed by atoms with Gasteiger partial charge in [-0.1, -0.05) is 0 Å². The van der Waals surface area contributed by atoms with Gasteiger partial charge in [0.25, 0.3) is 0 Å². The van der Waals surface area contributed by atoms with Gasteiger partial charge in [-0.15, -0.1) is 0 Å². The van der Waals surface area contributed by atoms with E-state index in [4.69, 9.17) is 0 Å². The fourth-order valence-electron chi connectivity index (χ4n) is 2.08. The highest BCUT2D eigenvalue weighted by Gasteiger charge is 2.33. The van der Waals surface area contributed by atoms with Gasteiger partial charge in [-0.05, 0) is 45.7 Å². The Balaban J connectivity index is 2.19. The van der Waals surface area contributed by atoms with Crippen LogP contribution in [0.15, 0.2) is 27.5 Å². The normalized spacial score (nSPS) is 11.7. The van der Waals surface area contributed by atoms with E-state index in [2.05, 4.69) is 42.1 Å². The average molecular weight is 419 g/mol. The predicted molar refractivity (Wildman–Crippen MR) is 86.6 cm³/mol. The molecule has 114 valence electrons. The molecule has 0 spiro atoms. The SMILES string of the molecule is CN(Cc1c(Br)cnn1C)C(=O)C(C)(C)n1cc(Br)cn1. The van der Waals surface area contributed by atoms with Crippen molar-refractivity contribution in [3.05, 3.63) is 33.2 Å². The first kappa shape index (κ1) is 16.2. The number of hydrogen-bond acceptors (Lipinski definition) is 3. The summed E-state index contributed by atoms with van der Waals surface area (Å²) in [4.78, 5) is 14.4. The number of aryl methyl sites for hydroxylation is 1. The lowest BCUT2D eigenvalue weighted by Crippen LogP contribution is -2.45. The summed E-state index contributed by atoms with van der Waals surface area (Å²) in [6, 6.07) is 0. The van der Waals surface area contributed by atoms with Crippen LogP contribution in [-0.2, 0) is 23.9 Å². The molecule has 0 aliphatic carbocycles. The first-order valence-electron chi connectivity index (χ1n) is 6.36. The van der Waals surface area contributed by atoms with E-state index in [9.17, 15) is 4.79 Å². The maximum absolute atomic E-state index is 12.7.